The highest BCUT2D eigenvalue weighted by Gasteiger charge is 2.27. The number of nitrogens with zero attached hydrogens (tertiary/aromatic N) is 5. The molecule has 5 heteroatoms. The van der Waals surface area contributed by atoms with Crippen LogP contribution < -0.4 is 4.90 Å². The zero-order valence-corrected chi connectivity index (χ0v) is 16.2. The van der Waals surface area contributed by atoms with E-state index in [1.807, 2.05) is 6.20 Å². The number of aryl methyl sites for hydroxylation is 1. The lowest BCUT2D eigenvalue weighted by atomic mass is 9.95. The molecule has 144 valence electrons. The van der Waals surface area contributed by atoms with Crippen LogP contribution in [0.2, 0.25) is 0 Å². The van der Waals surface area contributed by atoms with E-state index in [1.54, 1.807) is 10.9 Å². The van der Waals surface area contributed by atoms with Crippen molar-refractivity contribution in [2.75, 3.05) is 24.5 Å². The molecule has 0 unspecified atom stereocenters. The summed E-state index contributed by atoms with van der Waals surface area (Å²) in [4.78, 5) is 5.28. The minimum absolute atomic E-state index is 0.687. The molecule has 5 nitrogen and oxygen atoms in total. The zero-order chi connectivity index (χ0) is 18.8. The van der Waals surface area contributed by atoms with Gasteiger partial charge in [0.25, 0.3) is 0 Å². The minimum atomic E-state index is 0.687. The maximum atomic E-state index is 4.05. The van der Waals surface area contributed by atoms with Crippen molar-refractivity contribution in [2.24, 2.45) is 0 Å². The highest BCUT2D eigenvalue weighted by molar-refractivity contribution is 5.56. The Morgan fingerprint density at radius 2 is 1.75 bits per heavy atom. The molecule has 2 aliphatic rings. The quantitative estimate of drug-likeness (QED) is 0.699. The van der Waals surface area contributed by atoms with Gasteiger partial charge in [-0.15, -0.1) is 5.10 Å². The number of hydrogen-bond donors (Lipinski definition) is 0. The first kappa shape index (κ1) is 17.4. The van der Waals surface area contributed by atoms with Gasteiger partial charge in [0.15, 0.2) is 0 Å². The first-order valence-electron chi connectivity index (χ1n) is 10.4. The predicted octanol–water partition coefficient (Wildman–Crippen LogP) is 3.68. The summed E-state index contributed by atoms with van der Waals surface area (Å²) in [6, 6.07) is 18.4. The monoisotopic (exact) mass is 373 g/mol. The first-order valence-corrected chi connectivity index (χ1v) is 10.4. The van der Waals surface area contributed by atoms with Gasteiger partial charge in [0.1, 0.15) is 0 Å². The number of aromatic nitrogens is 3. The van der Waals surface area contributed by atoms with Crippen LogP contribution >= 0.6 is 0 Å². The smallest absolute Gasteiger partial charge is 0.0697 e. The van der Waals surface area contributed by atoms with E-state index in [9.17, 15) is 0 Å². The molecule has 1 saturated heterocycles. The Hall–Kier alpha value is -2.66. The third-order valence-electron chi connectivity index (χ3n) is 6.17. The van der Waals surface area contributed by atoms with Gasteiger partial charge in [-0.05, 0) is 55.0 Å². The molecule has 0 radical (unpaired) electrons. The van der Waals surface area contributed by atoms with E-state index in [0.29, 0.717) is 6.04 Å². The van der Waals surface area contributed by atoms with E-state index in [1.165, 1.54) is 62.1 Å². The molecule has 0 bridgehead atoms. The van der Waals surface area contributed by atoms with E-state index in [0.717, 1.165) is 12.2 Å². The number of fused-ring (bicyclic) bond motifs is 1. The molecule has 3 aromatic rings. The molecular weight excluding hydrogens is 346 g/mol. The Labute approximate surface area is 166 Å². The van der Waals surface area contributed by atoms with Crippen molar-refractivity contribution >= 4 is 5.69 Å². The van der Waals surface area contributed by atoms with Gasteiger partial charge in [-0.2, -0.15) is 0 Å². The first-order chi connectivity index (χ1) is 13.9. The lowest BCUT2D eigenvalue weighted by Crippen LogP contribution is -2.46. The number of anilines is 1. The summed E-state index contributed by atoms with van der Waals surface area (Å²) >= 11 is 0. The van der Waals surface area contributed by atoms with Gasteiger partial charge in [0.2, 0.25) is 0 Å². The summed E-state index contributed by atoms with van der Waals surface area (Å²) in [5.74, 6) is 0. The lowest BCUT2D eigenvalue weighted by molar-refractivity contribution is 0.200. The summed E-state index contributed by atoms with van der Waals surface area (Å²) in [6.07, 6.45) is 8.61. The molecule has 0 atom stereocenters. The maximum absolute atomic E-state index is 4.05. The summed E-state index contributed by atoms with van der Waals surface area (Å²) in [6.45, 7) is 4.59. The number of benzene rings is 2. The number of hydrogen-bond acceptors (Lipinski definition) is 4. The van der Waals surface area contributed by atoms with Crippen LogP contribution in [0.15, 0.2) is 60.9 Å². The topological polar surface area (TPSA) is 37.2 Å². The van der Waals surface area contributed by atoms with E-state index in [2.05, 4.69) is 68.6 Å². The highest BCUT2D eigenvalue weighted by Crippen LogP contribution is 2.31. The standard InChI is InChI=1S/C23H27N5/c1-2-6-23-20(4-1)5-3-14-27(23)21-11-15-26(16-12-21)18-19-7-9-22(10-8-19)28-17-13-24-25-28/h1-2,4,6-10,13,17,21H,3,5,11-12,14-16,18H2. The minimum Gasteiger partial charge on any atom is -0.368 e. The van der Waals surface area contributed by atoms with Crippen LogP contribution in [-0.2, 0) is 13.0 Å². The number of rotatable bonds is 4. The van der Waals surface area contributed by atoms with Crippen molar-refractivity contribution in [3.63, 3.8) is 0 Å². The number of piperidine rings is 1. The van der Waals surface area contributed by atoms with Crippen molar-refractivity contribution < 1.29 is 0 Å². The molecule has 2 aromatic carbocycles. The molecule has 1 aromatic heterocycles. The SMILES string of the molecule is c1ccc2c(c1)CCCN2C1CCN(Cc2ccc(-n3ccnn3)cc2)CC1. The van der Waals surface area contributed by atoms with Gasteiger partial charge in [-0.25, -0.2) is 4.68 Å². The molecule has 2 aliphatic heterocycles. The van der Waals surface area contributed by atoms with Crippen LogP contribution in [0, 0.1) is 0 Å². The molecule has 3 heterocycles. The van der Waals surface area contributed by atoms with Crippen molar-refractivity contribution in [3.8, 4) is 5.69 Å². The van der Waals surface area contributed by atoms with Crippen molar-refractivity contribution in [1.29, 1.82) is 0 Å². The Kier molecular flexibility index (Phi) is 4.83. The largest absolute Gasteiger partial charge is 0.368 e. The van der Waals surface area contributed by atoms with E-state index in [4.69, 9.17) is 0 Å². The Bertz CT molecular complexity index is 895. The molecule has 0 saturated carbocycles. The van der Waals surface area contributed by atoms with E-state index >= 15 is 0 Å². The molecule has 5 rings (SSSR count). The fourth-order valence-corrected chi connectivity index (χ4v) is 4.69. The fraction of sp³-hybridized carbons (Fsp3) is 0.391. The van der Waals surface area contributed by atoms with Gasteiger partial charge in [0.05, 0.1) is 18.1 Å². The van der Waals surface area contributed by atoms with Crippen LogP contribution in [0.5, 0.6) is 0 Å². The molecule has 0 amide bonds. The van der Waals surface area contributed by atoms with Gasteiger partial charge in [-0.1, -0.05) is 35.5 Å². The average molecular weight is 374 g/mol. The van der Waals surface area contributed by atoms with Crippen molar-refractivity contribution in [3.05, 3.63) is 72.1 Å². The average Bonchev–Trinajstić information content (AvgIpc) is 3.29. The van der Waals surface area contributed by atoms with E-state index in [-0.39, 0.29) is 0 Å². The Morgan fingerprint density at radius 3 is 2.54 bits per heavy atom. The van der Waals surface area contributed by atoms with Crippen LogP contribution in [-0.4, -0.2) is 45.6 Å². The molecule has 0 spiro atoms. The van der Waals surface area contributed by atoms with Crippen LogP contribution in [0.25, 0.3) is 5.69 Å². The second-order valence-corrected chi connectivity index (χ2v) is 7.95. The Balaban J connectivity index is 1.19. The summed E-state index contributed by atoms with van der Waals surface area (Å²) in [5, 5.41) is 7.93. The second kappa shape index (κ2) is 7.76. The van der Waals surface area contributed by atoms with Crippen LogP contribution in [0.3, 0.4) is 0 Å². The van der Waals surface area contributed by atoms with Gasteiger partial charge < -0.3 is 4.90 Å². The molecule has 28 heavy (non-hydrogen) atoms. The van der Waals surface area contributed by atoms with Gasteiger partial charge >= 0.3 is 0 Å². The molecule has 0 aliphatic carbocycles. The molecule has 1 fully saturated rings. The molecule has 0 N–H and O–H groups in total. The van der Waals surface area contributed by atoms with Gasteiger partial charge in [0, 0.05) is 37.9 Å². The lowest BCUT2D eigenvalue weighted by Gasteiger charge is -2.42. The number of para-hydroxylation sites is 1. The van der Waals surface area contributed by atoms with Crippen molar-refractivity contribution in [2.45, 2.75) is 38.3 Å². The van der Waals surface area contributed by atoms with Gasteiger partial charge in [-0.3, -0.25) is 4.90 Å². The predicted molar refractivity (Wildman–Crippen MR) is 112 cm³/mol. The highest BCUT2D eigenvalue weighted by atomic mass is 15.4. The third-order valence-corrected chi connectivity index (χ3v) is 6.17. The fourth-order valence-electron chi connectivity index (χ4n) is 4.69. The number of likely N-dealkylation sites (tertiary alicyclic amines) is 1. The normalized spacial score (nSPS) is 18.2. The van der Waals surface area contributed by atoms with Crippen LogP contribution in [0.4, 0.5) is 5.69 Å². The second-order valence-electron chi connectivity index (χ2n) is 7.95. The van der Waals surface area contributed by atoms with E-state index < -0.39 is 0 Å². The third kappa shape index (κ3) is 3.54. The maximum Gasteiger partial charge on any atom is 0.0697 e. The van der Waals surface area contributed by atoms with Crippen molar-refractivity contribution in [1.82, 2.24) is 19.9 Å². The summed E-state index contributed by atoms with van der Waals surface area (Å²) in [5.41, 5.74) is 5.44. The summed E-state index contributed by atoms with van der Waals surface area (Å²) in [7, 11) is 0. The Morgan fingerprint density at radius 1 is 0.929 bits per heavy atom. The molecular formula is C23H27N5. The summed E-state index contributed by atoms with van der Waals surface area (Å²) < 4.78 is 1.80. The zero-order valence-electron chi connectivity index (χ0n) is 16.2. The van der Waals surface area contributed by atoms with Crippen LogP contribution in [0.1, 0.15) is 30.4 Å².